The van der Waals surface area contributed by atoms with Crippen LogP contribution in [0.3, 0.4) is 0 Å². The number of rotatable bonds is 4. The third-order valence-electron chi connectivity index (χ3n) is 4.24. The molecule has 0 atom stereocenters. The summed E-state index contributed by atoms with van der Waals surface area (Å²) in [5.41, 5.74) is 0.957. The summed E-state index contributed by atoms with van der Waals surface area (Å²) in [6.45, 7) is 7.01. The first kappa shape index (κ1) is 18.9. The monoisotopic (exact) mass is 376 g/mol. The molecule has 5 nitrogen and oxygen atoms in total. The van der Waals surface area contributed by atoms with E-state index in [2.05, 4.69) is 20.1 Å². The van der Waals surface area contributed by atoms with Crippen molar-refractivity contribution in [1.29, 1.82) is 0 Å². The highest BCUT2D eigenvalue weighted by Crippen LogP contribution is 2.27. The van der Waals surface area contributed by atoms with Crippen molar-refractivity contribution >= 4 is 23.4 Å². The van der Waals surface area contributed by atoms with E-state index in [0.717, 1.165) is 43.0 Å². The molecule has 0 aliphatic carbocycles. The Balaban J connectivity index is 1.80. The highest BCUT2D eigenvalue weighted by Gasteiger charge is 2.18. The maximum Gasteiger partial charge on any atom is 0.234 e. The number of amides is 1. The number of halogens is 1. The number of nitrogens with zero attached hydrogens (tertiary/aromatic N) is 3. The van der Waals surface area contributed by atoms with Gasteiger partial charge in [-0.25, -0.2) is 4.39 Å². The van der Waals surface area contributed by atoms with Gasteiger partial charge in [-0.1, -0.05) is 27.2 Å². The number of hydrogen-bond donors (Lipinski definition) is 1. The quantitative estimate of drug-likeness (QED) is 0.865. The van der Waals surface area contributed by atoms with Crippen LogP contribution in [0.1, 0.15) is 45.9 Å². The van der Waals surface area contributed by atoms with E-state index in [9.17, 15) is 9.18 Å². The van der Waals surface area contributed by atoms with Crippen LogP contribution in [0.25, 0.3) is 11.4 Å². The molecule has 1 aliphatic rings. The van der Waals surface area contributed by atoms with Crippen LogP contribution in [0.5, 0.6) is 0 Å². The number of anilines is 1. The largest absolute Gasteiger partial charge is 0.323 e. The zero-order valence-electron chi connectivity index (χ0n) is 15.5. The molecule has 1 amide bonds. The van der Waals surface area contributed by atoms with Crippen LogP contribution in [-0.2, 0) is 17.8 Å². The Morgan fingerprint density at radius 3 is 2.85 bits per heavy atom. The lowest BCUT2D eigenvalue weighted by molar-refractivity contribution is -0.113. The van der Waals surface area contributed by atoms with Crippen LogP contribution < -0.4 is 5.32 Å². The Kier molecular flexibility index (Phi) is 5.65. The molecule has 0 fully saturated rings. The first-order valence-electron chi connectivity index (χ1n) is 8.99. The highest BCUT2D eigenvalue weighted by molar-refractivity contribution is 8.01. The SMILES string of the molecule is CC(C)(C)SCC(=O)Nc1cc(-c2nnc3n2CCCCC3)ccc1F. The Hall–Kier alpha value is -1.89. The molecular weight excluding hydrogens is 351 g/mol. The summed E-state index contributed by atoms with van der Waals surface area (Å²) in [5.74, 6) is 1.35. The summed E-state index contributed by atoms with van der Waals surface area (Å²) in [4.78, 5) is 12.2. The summed E-state index contributed by atoms with van der Waals surface area (Å²) in [5, 5.41) is 11.3. The lowest BCUT2D eigenvalue weighted by Gasteiger charge is -2.17. The Morgan fingerprint density at radius 1 is 1.27 bits per heavy atom. The molecule has 0 saturated heterocycles. The second-order valence-corrected chi connectivity index (χ2v) is 9.35. The van der Waals surface area contributed by atoms with Crippen molar-refractivity contribution in [3.63, 3.8) is 0 Å². The molecule has 0 bridgehead atoms. The number of nitrogens with one attached hydrogen (secondary N) is 1. The van der Waals surface area contributed by atoms with Gasteiger partial charge in [-0.15, -0.1) is 22.0 Å². The topological polar surface area (TPSA) is 59.8 Å². The molecule has 1 N–H and O–H groups in total. The number of thioether (sulfide) groups is 1. The van der Waals surface area contributed by atoms with E-state index in [-0.39, 0.29) is 22.1 Å². The number of fused-ring (bicyclic) bond motifs is 1. The van der Waals surface area contributed by atoms with Gasteiger partial charge < -0.3 is 9.88 Å². The van der Waals surface area contributed by atoms with Gasteiger partial charge in [0.25, 0.3) is 0 Å². The van der Waals surface area contributed by atoms with E-state index in [4.69, 9.17) is 0 Å². The van der Waals surface area contributed by atoms with Gasteiger partial charge in [-0.3, -0.25) is 4.79 Å². The van der Waals surface area contributed by atoms with E-state index < -0.39 is 5.82 Å². The molecule has 0 radical (unpaired) electrons. The lowest BCUT2D eigenvalue weighted by Crippen LogP contribution is -2.19. The Morgan fingerprint density at radius 2 is 2.08 bits per heavy atom. The molecule has 0 unspecified atom stereocenters. The summed E-state index contributed by atoms with van der Waals surface area (Å²) >= 11 is 1.53. The average Bonchev–Trinajstić information content (AvgIpc) is 2.83. The molecular formula is C19H25FN4OS. The van der Waals surface area contributed by atoms with Crippen LogP contribution in [0, 0.1) is 5.82 Å². The van der Waals surface area contributed by atoms with Crippen molar-refractivity contribution in [2.24, 2.45) is 0 Å². The maximum absolute atomic E-state index is 14.2. The number of carbonyl (C=O) groups is 1. The summed E-state index contributed by atoms with van der Waals surface area (Å²) in [6, 6.07) is 4.72. The summed E-state index contributed by atoms with van der Waals surface area (Å²) in [7, 11) is 0. The van der Waals surface area contributed by atoms with Crippen LogP contribution in [0.15, 0.2) is 18.2 Å². The zero-order valence-corrected chi connectivity index (χ0v) is 16.3. The van der Waals surface area contributed by atoms with Crippen molar-refractivity contribution in [1.82, 2.24) is 14.8 Å². The minimum Gasteiger partial charge on any atom is -0.323 e. The van der Waals surface area contributed by atoms with Gasteiger partial charge >= 0.3 is 0 Å². The van der Waals surface area contributed by atoms with Gasteiger partial charge in [0.1, 0.15) is 11.6 Å². The number of aromatic nitrogens is 3. The van der Waals surface area contributed by atoms with E-state index in [1.165, 1.54) is 24.2 Å². The first-order valence-corrected chi connectivity index (χ1v) is 9.98. The number of hydrogen-bond acceptors (Lipinski definition) is 4. The van der Waals surface area contributed by atoms with Gasteiger partial charge in [0.15, 0.2) is 5.82 Å². The van der Waals surface area contributed by atoms with Crippen LogP contribution in [0.4, 0.5) is 10.1 Å². The fraction of sp³-hybridized carbons (Fsp3) is 0.526. The molecule has 3 rings (SSSR count). The molecule has 2 aromatic rings. The predicted molar refractivity (Wildman–Crippen MR) is 104 cm³/mol. The molecule has 26 heavy (non-hydrogen) atoms. The van der Waals surface area contributed by atoms with Crippen molar-refractivity contribution in [2.45, 2.75) is 57.7 Å². The average molecular weight is 377 g/mol. The normalized spacial score (nSPS) is 14.6. The Bertz CT molecular complexity index is 797. The first-order chi connectivity index (χ1) is 12.3. The Labute approximate surface area is 157 Å². The maximum atomic E-state index is 14.2. The second-order valence-electron chi connectivity index (χ2n) is 7.55. The van der Waals surface area contributed by atoms with Crippen LogP contribution >= 0.6 is 11.8 Å². The van der Waals surface area contributed by atoms with Gasteiger partial charge in [0.05, 0.1) is 11.4 Å². The minimum atomic E-state index is -0.446. The van der Waals surface area contributed by atoms with Crippen LogP contribution in [0.2, 0.25) is 0 Å². The smallest absolute Gasteiger partial charge is 0.234 e. The lowest BCUT2D eigenvalue weighted by atomic mass is 10.1. The molecule has 2 heterocycles. The third kappa shape index (κ3) is 4.63. The van der Waals surface area contributed by atoms with Gasteiger partial charge in [-0.05, 0) is 31.0 Å². The van der Waals surface area contributed by atoms with Crippen molar-refractivity contribution in [3.8, 4) is 11.4 Å². The molecule has 7 heteroatoms. The van der Waals surface area contributed by atoms with E-state index >= 15 is 0 Å². The number of carbonyl (C=O) groups excluding carboxylic acids is 1. The fourth-order valence-electron chi connectivity index (χ4n) is 2.93. The molecule has 1 aromatic heterocycles. The third-order valence-corrected chi connectivity index (χ3v) is 5.52. The molecule has 1 aliphatic heterocycles. The van der Waals surface area contributed by atoms with Crippen molar-refractivity contribution in [3.05, 3.63) is 29.8 Å². The number of benzene rings is 1. The molecule has 1 aromatic carbocycles. The van der Waals surface area contributed by atoms with Gasteiger partial charge in [0.2, 0.25) is 5.91 Å². The van der Waals surface area contributed by atoms with E-state index in [0.29, 0.717) is 0 Å². The van der Waals surface area contributed by atoms with E-state index in [1.54, 1.807) is 12.1 Å². The summed E-state index contributed by atoms with van der Waals surface area (Å²) in [6.07, 6.45) is 4.31. The molecule has 0 spiro atoms. The molecule has 0 saturated carbocycles. The van der Waals surface area contributed by atoms with Gasteiger partial charge in [0, 0.05) is 23.3 Å². The predicted octanol–water partition coefficient (Wildman–Crippen LogP) is 4.28. The van der Waals surface area contributed by atoms with Crippen LogP contribution in [-0.4, -0.2) is 31.2 Å². The second kappa shape index (κ2) is 7.78. The highest BCUT2D eigenvalue weighted by atomic mass is 32.2. The van der Waals surface area contributed by atoms with Crippen molar-refractivity contribution in [2.75, 3.05) is 11.1 Å². The number of aryl methyl sites for hydroxylation is 1. The van der Waals surface area contributed by atoms with E-state index in [1.807, 2.05) is 20.8 Å². The molecule has 140 valence electrons. The zero-order chi connectivity index (χ0) is 18.7. The van der Waals surface area contributed by atoms with Crippen molar-refractivity contribution < 1.29 is 9.18 Å². The summed E-state index contributed by atoms with van der Waals surface area (Å²) < 4.78 is 16.3. The minimum absolute atomic E-state index is 0.0170. The van der Waals surface area contributed by atoms with Gasteiger partial charge in [-0.2, -0.15) is 0 Å². The standard InChI is InChI=1S/C19H25FN4OS/c1-19(2,3)26-12-17(25)21-15-11-13(8-9-14(15)20)18-23-22-16-7-5-4-6-10-24(16)18/h8-9,11H,4-7,10,12H2,1-3H3,(H,21,25). The fourth-order valence-corrected chi connectivity index (χ4v) is 3.56.